The molecule has 0 aliphatic carbocycles. The zero-order valence-electron chi connectivity index (χ0n) is 12.4. The summed E-state index contributed by atoms with van der Waals surface area (Å²) in [5.74, 6) is 5.08. The second-order valence-electron chi connectivity index (χ2n) is 4.77. The minimum absolute atomic E-state index is 0.0504. The van der Waals surface area contributed by atoms with Crippen LogP contribution in [0.2, 0.25) is 0 Å². The van der Waals surface area contributed by atoms with Gasteiger partial charge in [0.1, 0.15) is 0 Å². The average Bonchev–Trinajstić information content (AvgIpc) is 2.53. The highest BCUT2D eigenvalue weighted by molar-refractivity contribution is 5.97. The number of rotatable bonds is 4. The number of Topliss-reactive ketones (excluding diaryl/α,β-unsaturated/α-hetero) is 1. The molecule has 2 aromatic carbocycles. The first kappa shape index (κ1) is 15.5. The van der Waals surface area contributed by atoms with Crippen molar-refractivity contribution in [3.63, 3.8) is 0 Å². The monoisotopic (exact) mass is 296 g/mol. The Morgan fingerprint density at radius 2 is 1.50 bits per heavy atom. The van der Waals surface area contributed by atoms with E-state index in [4.69, 9.17) is 5.84 Å². The number of amides is 1. The van der Waals surface area contributed by atoms with E-state index in [2.05, 4.69) is 10.2 Å². The maximum absolute atomic E-state index is 11.9. The molecule has 0 unspecified atom stereocenters. The molecule has 0 spiro atoms. The summed E-state index contributed by atoms with van der Waals surface area (Å²) in [6.07, 6.45) is 0. The molecule has 0 saturated heterocycles. The van der Waals surface area contributed by atoms with E-state index in [1.54, 1.807) is 55.6 Å². The quantitative estimate of drug-likeness (QED) is 0.406. The van der Waals surface area contributed by atoms with E-state index in [-0.39, 0.29) is 5.78 Å². The van der Waals surface area contributed by atoms with Crippen molar-refractivity contribution < 1.29 is 9.59 Å². The van der Waals surface area contributed by atoms with Crippen LogP contribution in [0.15, 0.2) is 58.8 Å². The second-order valence-corrected chi connectivity index (χ2v) is 4.77. The van der Waals surface area contributed by atoms with Gasteiger partial charge in [0.15, 0.2) is 5.78 Å². The van der Waals surface area contributed by atoms with Gasteiger partial charge in [-0.25, -0.2) is 5.84 Å². The van der Waals surface area contributed by atoms with E-state index in [9.17, 15) is 9.59 Å². The van der Waals surface area contributed by atoms with E-state index >= 15 is 0 Å². The summed E-state index contributed by atoms with van der Waals surface area (Å²) in [7, 11) is 1.73. The van der Waals surface area contributed by atoms with Gasteiger partial charge in [0.2, 0.25) is 0 Å². The Hall–Kier alpha value is -2.86. The Labute approximate surface area is 128 Å². The van der Waals surface area contributed by atoms with Gasteiger partial charge in [-0.3, -0.25) is 9.59 Å². The van der Waals surface area contributed by atoms with Crippen molar-refractivity contribution >= 4 is 23.1 Å². The molecule has 2 aromatic rings. The molecule has 0 radical (unpaired) electrons. The molecule has 0 saturated carbocycles. The number of hydrogen-bond donors (Lipinski definition) is 1. The number of benzene rings is 2. The Kier molecular flexibility index (Phi) is 4.75. The Bertz CT molecular complexity index is 704. The first-order valence-electron chi connectivity index (χ1n) is 6.63. The number of hydrogen-bond acceptors (Lipinski definition) is 5. The summed E-state index contributed by atoms with van der Waals surface area (Å²) in [5, 5.41) is 9.03. The zero-order chi connectivity index (χ0) is 16.1. The third kappa shape index (κ3) is 3.83. The molecule has 0 atom stereocenters. The van der Waals surface area contributed by atoms with Crippen LogP contribution in [0.4, 0.5) is 11.4 Å². The van der Waals surface area contributed by atoms with Gasteiger partial charge in [0.25, 0.3) is 5.91 Å². The first-order valence-corrected chi connectivity index (χ1v) is 6.63. The lowest BCUT2D eigenvalue weighted by Crippen LogP contribution is -2.24. The van der Waals surface area contributed by atoms with E-state index in [1.165, 1.54) is 11.9 Å². The van der Waals surface area contributed by atoms with Gasteiger partial charge in [-0.2, -0.15) is 0 Å². The third-order valence-corrected chi connectivity index (χ3v) is 3.05. The number of azo groups is 1. The van der Waals surface area contributed by atoms with Crippen molar-refractivity contribution in [3.05, 3.63) is 59.7 Å². The van der Waals surface area contributed by atoms with Gasteiger partial charge in [-0.1, -0.05) is 12.1 Å². The number of carbonyl (C=O) groups excluding carboxylic acids is 2. The van der Waals surface area contributed by atoms with Crippen molar-refractivity contribution in [2.75, 3.05) is 12.1 Å². The van der Waals surface area contributed by atoms with Gasteiger partial charge < -0.3 is 5.01 Å². The normalized spacial score (nSPS) is 10.7. The van der Waals surface area contributed by atoms with Crippen LogP contribution in [-0.4, -0.2) is 18.7 Å². The van der Waals surface area contributed by atoms with Gasteiger partial charge in [0, 0.05) is 18.2 Å². The van der Waals surface area contributed by atoms with Crippen molar-refractivity contribution in [1.82, 2.24) is 0 Å². The van der Waals surface area contributed by atoms with Gasteiger partial charge in [0.05, 0.1) is 11.4 Å². The van der Waals surface area contributed by atoms with E-state index in [0.29, 0.717) is 16.8 Å². The molecule has 0 bridgehead atoms. The van der Waals surface area contributed by atoms with E-state index in [1.807, 2.05) is 0 Å². The number of hydrazine groups is 1. The molecule has 2 rings (SSSR count). The summed E-state index contributed by atoms with van der Waals surface area (Å²) in [6.45, 7) is 1.47. The molecule has 0 aliphatic heterocycles. The fourth-order valence-electron chi connectivity index (χ4n) is 1.76. The standard InChI is InChI=1S/C16H16N4O2/c1-11(21)12-3-5-13(6-4-12)16(22)19-18-14-7-9-15(10-8-14)20(2)17/h3-10H,17H2,1-2H3. The minimum atomic E-state index is -0.463. The second kappa shape index (κ2) is 6.73. The molecule has 1 amide bonds. The van der Waals surface area contributed by atoms with Crippen LogP contribution >= 0.6 is 0 Å². The maximum Gasteiger partial charge on any atom is 0.295 e. The summed E-state index contributed by atoms with van der Waals surface area (Å²) in [5.41, 5.74) is 2.31. The van der Waals surface area contributed by atoms with Crippen LogP contribution < -0.4 is 10.9 Å². The van der Waals surface area contributed by atoms with Crippen LogP contribution in [-0.2, 0) is 0 Å². The highest BCUT2D eigenvalue weighted by atomic mass is 16.1. The molecule has 0 fully saturated rings. The number of carbonyl (C=O) groups is 2. The molecule has 22 heavy (non-hydrogen) atoms. The largest absolute Gasteiger partial charge is 0.314 e. The van der Waals surface area contributed by atoms with Crippen LogP contribution in [0, 0.1) is 0 Å². The lowest BCUT2D eigenvalue weighted by molar-refractivity contribution is 0.0989. The lowest BCUT2D eigenvalue weighted by atomic mass is 10.1. The summed E-state index contributed by atoms with van der Waals surface area (Å²) in [4.78, 5) is 23.1. The number of anilines is 1. The number of ketones is 1. The number of nitrogens with zero attached hydrogens (tertiary/aromatic N) is 3. The summed E-state index contributed by atoms with van der Waals surface area (Å²) < 4.78 is 0. The van der Waals surface area contributed by atoms with Crippen molar-refractivity contribution in [2.24, 2.45) is 16.1 Å². The molecule has 0 heterocycles. The summed E-state index contributed by atoms with van der Waals surface area (Å²) >= 11 is 0. The third-order valence-electron chi connectivity index (χ3n) is 3.05. The minimum Gasteiger partial charge on any atom is -0.314 e. The molecular weight excluding hydrogens is 280 g/mol. The van der Waals surface area contributed by atoms with Crippen LogP contribution in [0.1, 0.15) is 27.6 Å². The smallest absolute Gasteiger partial charge is 0.295 e. The SMILES string of the molecule is CC(=O)c1ccc(C(=O)N=Nc2ccc(N(C)N)cc2)cc1. The van der Waals surface area contributed by atoms with Gasteiger partial charge >= 0.3 is 0 Å². The molecule has 6 nitrogen and oxygen atoms in total. The highest BCUT2D eigenvalue weighted by Crippen LogP contribution is 2.18. The number of nitrogens with two attached hydrogens (primary N) is 1. The predicted molar refractivity (Wildman–Crippen MR) is 84.3 cm³/mol. The van der Waals surface area contributed by atoms with Crippen LogP contribution in [0.5, 0.6) is 0 Å². The fourth-order valence-corrected chi connectivity index (χ4v) is 1.76. The fraction of sp³-hybridized carbons (Fsp3) is 0.125. The highest BCUT2D eigenvalue weighted by Gasteiger charge is 2.05. The average molecular weight is 296 g/mol. The van der Waals surface area contributed by atoms with Crippen molar-refractivity contribution in [2.45, 2.75) is 6.92 Å². The Morgan fingerprint density at radius 3 is 2.00 bits per heavy atom. The predicted octanol–water partition coefficient (Wildman–Crippen LogP) is 3.12. The van der Waals surface area contributed by atoms with Crippen LogP contribution in [0.25, 0.3) is 0 Å². The summed E-state index contributed by atoms with van der Waals surface area (Å²) in [6, 6.07) is 13.3. The molecule has 6 heteroatoms. The van der Waals surface area contributed by atoms with Gasteiger partial charge in [-0.05, 0) is 43.3 Å². The Balaban J connectivity index is 2.08. The zero-order valence-corrected chi connectivity index (χ0v) is 12.4. The van der Waals surface area contributed by atoms with Crippen molar-refractivity contribution in [3.8, 4) is 0 Å². The topological polar surface area (TPSA) is 88.1 Å². The molecule has 0 aromatic heterocycles. The lowest BCUT2D eigenvalue weighted by Gasteiger charge is -2.10. The Morgan fingerprint density at radius 1 is 0.955 bits per heavy atom. The molecule has 0 aliphatic rings. The molecule has 2 N–H and O–H groups in total. The molecular formula is C16H16N4O2. The van der Waals surface area contributed by atoms with E-state index in [0.717, 1.165) is 5.69 Å². The van der Waals surface area contributed by atoms with Crippen LogP contribution in [0.3, 0.4) is 0 Å². The van der Waals surface area contributed by atoms with Gasteiger partial charge in [-0.15, -0.1) is 10.2 Å². The molecule has 112 valence electrons. The van der Waals surface area contributed by atoms with E-state index < -0.39 is 5.91 Å². The van der Waals surface area contributed by atoms with Crippen molar-refractivity contribution in [1.29, 1.82) is 0 Å². The maximum atomic E-state index is 11.9. The first-order chi connectivity index (χ1) is 10.5.